The molecule has 5 nitrogen and oxygen atoms in total. The number of halogens is 1. The monoisotopic (exact) mass is 399 g/mol. The summed E-state index contributed by atoms with van der Waals surface area (Å²) in [5.74, 6) is 1.75. The second-order valence-electron chi connectivity index (χ2n) is 6.30. The van der Waals surface area contributed by atoms with Gasteiger partial charge in [0, 0.05) is 21.8 Å². The minimum Gasteiger partial charge on any atom is -0.489 e. The smallest absolute Gasteiger partial charge is 0.235 e. The molecule has 0 saturated heterocycles. The number of anilines is 1. The van der Waals surface area contributed by atoms with Crippen molar-refractivity contribution in [3.8, 4) is 5.75 Å². The Labute approximate surface area is 166 Å². The molecule has 2 aromatic carbocycles. The molecule has 0 unspecified atom stereocenters. The molecule has 27 heavy (non-hydrogen) atoms. The summed E-state index contributed by atoms with van der Waals surface area (Å²) in [7, 11) is 0. The normalized spacial score (nSPS) is 16.4. The molecule has 2 N–H and O–H groups in total. The molecule has 1 atom stereocenters. The quantitative estimate of drug-likeness (QED) is 0.665. The summed E-state index contributed by atoms with van der Waals surface area (Å²) in [6, 6.07) is 15.6. The topological polar surface area (TPSA) is 67.0 Å². The van der Waals surface area contributed by atoms with E-state index in [1.165, 1.54) is 0 Å². The van der Waals surface area contributed by atoms with Crippen molar-refractivity contribution in [3.05, 3.63) is 75.9 Å². The maximum absolute atomic E-state index is 11.9. The fourth-order valence-corrected chi connectivity index (χ4v) is 4.43. The molecule has 2 heterocycles. The number of nitrogens with zero attached hydrogens (tertiary/aromatic N) is 1. The van der Waals surface area contributed by atoms with E-state index in [1.807, 2.05) is 55.5 Å². The van der Waals surface area contributed by atoms with Crippen LogP contribution < -0.4 is 10.1 Å². The van der Waals surface area contributed by atoms with Crippen LogP contribution in [-0.4, -0.2) is 21.9 Å². The van der Waals surface area contributed by atoms with Gasteiger partial charge in [0.1, 0.15) is 12.4 Å². The second kappa shape index (κ2) is 7.66. The van der Waals surface area contributed by atoms with Gasteiger partial charge in [-0.1, -0.05) is 41.9 Å². The van der Waals surface area contributed by atoms with E-state index in [0.29, 0.717) is 23.2 Å². The van der Waals surface area contributed by atoms with Crippen LogP contribution in [-0.2, 0) is 11.4 Å². The van der Waals surface area contributed by atoms with Gasteiger partial charge in [-0.3, -0.25) is 9.89 Å². The van der Waals surface area contributed by atoms with E-state index in [0.717, 1.165) is 28.1 Å². The van der Waals surface area contributed by atoms with Gasteiger partial charge in [-0.25, -0.2) is 0 Å². The number of rotatable bonds is 4. The van der Waals surface area contributed by atoms with E-state index in [4.69, 9.17) is 16.3 Å². The molecule has 3 aromatic rings. The SMILES string of the molecule is Cc1[nH]nc2c1[C@@H](c1ccc(OCc3ccccc3Cl)cc1)SCC(=O)N2. The van der Waals surface area contributed by atoms with Crippen molar-refractivity contribution in [2.24, 2.45) is 0 Å². The first-order valence-corrected chi connectivity index (χ1v) is 9.97. The van der Waals surface area contributed by atoms with Crippen molar-refractivity contribution < 1.29 is 9.53 Å². The fourth-order valence-electron chi connectivity index (χ4n) is 3.04. The van der Waals surface area contributed by atoms with Crippen LogP contribution in [0, 0.1) is 6.92 Å². The lowest BCUT2D eigenvalue weighted by Crippen LogP contribution is -2.12. The van der Waals surface area contributed by atoms with Crippen LogP contribution in [0.15, 0.2) is 48.5 Å². The van der Waals surface area contributed by atoms with E-state index in [9.17, 15) is 4.79 Å². The number of carbonyl (C=O) groups excluding carboxylic acids is 1. The van der Waals surface area contributed by atoms with Crippen molar-refractivity contribution >= 4 is 35.1 Å². The lowest BCUT2D eigenvalue weighted by Gasteiger charge is -2.16. The zero-order valence-corrected chi connectivity index (χ0v) is 16.2. The Morgan fingerprint density at radius 2 is 2.00 bits per heavy atom. The number of aromatic amines is 1. The van der Waals surface area contributed by atoms with Gasteiger partial charge in [0.25, 0.3) is 0 Å². The predicted octanol–water partition coefficient (Wildman–Crippen LogP) is 4.73. The minimum atomic E-state index is -0.0325. The van der Waals surface area contributed by atoms with Gasteiger partial charge in [-0.15, -0.1) is 11.8 Å². The van der Waals surface area contributed by atoms with Gasteiger partial charge in [0.2, 0.25) is 5.91 Å². The molecule has 0 bridgehead atoms. The molecule has 1 aromatic heterocycles. The Bertz CT molecular complexity index is 972. The summed E-state index contributed by atoms with van der Waals surface area (Å²) in [5.41, 5.74) is 4.04. The Morgan fingerprint density at radius 1 is 1.22 bits per heavy atom. The number of hydrogen-bond acceptors (Lipinski definition) is 4. The Hall–Kier alpha value is -2.44. The Balaban J connectivity index is 1.53. The summed E-state index contributed by atoms with van der Waals surface area (Å²) in [4.78, 5) is 11.9. The summed E-state index contributed by atoms with van der Waals surface area (Å²) >= 11 is 7.77. The molecule has 1 aliphatic heterocycles. The predicted molar refractivity (Wildman–Crippen MR) is 108 cm³/mol. The van der Waals surface area contributed by atoms with Crippen molar-refractivity contribution in [1.29, 1.82) is 0 Å². The molecule has 0 radical (unpaired) electrons. The van der Waals surface area contributed by atoms with Crippen molar-refractivity contribution in [1.82, 2.24) is 10.2 Å². The van der Waals surface area contributed by atoms with Gasteiger partial charge in [-0.05, 0) is 30.7 Å². The van der Waals surface area contributed by atoms with E-state index in [1.54, 1.807) is 11.8 Å². The lowest BCUT2D eigenvalue weighted by atomic mass is 10.0. The lowest BCUT2D eigenvalue weighted by molar-refractivity contribution is -0.113. The van der Waals surface area contributed by atoms with E-state index in [-0.39, 0.29) is 11.2 Å². The maximum Gasteiger partial charge on any atom is 0.235 e. The number of carbonyl (C=O) groups is 1. The number of aromatic nitrogens is 2. The molecule has 0 saturated carbocycles. The molecule has 138 valence electrons. The fraction of sp³-hybridized carbons (Fsp3) is 0.200. The molecular weight excluding hydrogens is 382 g/mol. The summed E-state index contributed by atoms with van der Waals surface area (Å²) in [6.45, 7) is 2.39. The number of amides is 1. The average molecular weight is 400 g/mol. The van der Waals surface area contributed by atoms with Crippen molar-refractivity contribution in [2.75, 3.05) is 11.1 Å². The van der Waals surface area contributed by atoms with Crippen molar-refractivity contribution in [2.45, 2.75) is 18.8 Å². The van der Waals surface area contributed by atoms with E-state index in [2.05, 4.69) is 15.5 Å². The third-order valence-electron chi connectivity index (χ3n) is 4.43. The summed E-state index contributed by atoms with van der Waals surface area (Å²) in [5, 5.41) is 10.8. The first-order valence-electron chi connectivity index (χ1n) is 8.54. The minimum absolute atomic E-state index is 0.0325. The van der Waals surface area contributed by atoms with Gasteiger partial charge in [0.05, 0.1) is 11.0 Å². The van der Waals surface area contributed by atoms with Gasteiger partial charge in [0.15, 0.2) is 5.82 Å². The van der Waals surface area contributed by atoms with Crippen LogP contribution in [0.3, 0.4) is 0 Å². The third-order valence-corrected chi connectivity index (χ3v) is 6.07. The number of fused-ring (bicyclic) bond motifs is 1. The highest BCUT2D eigenvalue weighted by Crippen LogP contribution is 2.42. The molecule has 0 aliphatic carbocycles. The van der Waals surface area contributed by atoms with E-state index < -0.39 is 0 Å². The molecule has 7 heteroatoms. The Kier molecular flexibility index (Phi) is 5.09. The van der Waals surface area contributed by atoms with Gasteiger partial charge < -0.3 is 10.1 Å². The first-order chi connectivity index (χ1) is 13.1. The van der Waals surface area contributed by atoms with Crippen LogP contribution in [0.4, 0.5) is 5.82 Å². The zero-order valence-electron chi connectivity index (χ0n) is 14.7. The van der Waals surface area contributed by atoms with Gasteiger partial charge in [-0.2, -0.15) is 5.10 Å². The van der Waals surface area contributed by atoms with Crippen LogP contribution >= 0.6 is 23.4 Å². The van der Waals surface area contributed by atoms with Crippen LogP contribution in [0.25, 0.3) is 0 Å². The largest absolute Gasteiger partial charge is 0.489 e. The second-order valence-corrected chi connectivity index (χ2v) is 7.80. The molecule has 0 spiro atoms. The highest BCUT2D eigenvalue weighted by atomic mass is 35.5. The molecule has 1 amide bonds. The first kappa shape index (κ1) is 17.9. The molecular formula is C20H18ClN3O2S. The number of H-pyrrole nitrogens is 1. The van der Waals surface area contributed by atoms with Crippen LogP contribution in [0.1, 0.15) is 27.6 Å². The van der Waals surface area contributed by atoms with E-state index >= 15 is 0 Å². The average Bonchev–Trinajstić information content (AvgIpc) is 2.93. The highest BCUT2D eigenvalue weighted by molar-refractivity contribution is 8.00. The van der Waals surface area contributed by atoms with Crippen LogP contribution in [0.2, 0.25) is 5.02 Å². The summed E-state index contributed by atoms with van der Waals surface area (Å²) in [6.07, 6.45) is 0. The number of aryl methyl sites for hydroxylation is 1. The highest BCUT2D eigenvalue weighted by Gasteiger charge is 2.28. The number of ether oxygens (including phenoxy) is 1. The third kappa shape index (κ3) is 3.82. The Morgan fingerprint density at radius 3 is 2.78 bits per heavy atom. The number of hydrogen-bond donors (Lipinski definition) is 2. The number of thioether (sulfide) groups is 1. The number of benzene rings is 2. The van der Waals surface area contributed by atoms with Gasteiger partial charge >= 0.3 is 0 Å². The summed E-state index contributed by atoms with van der Waals surface area (Å²) < 4.78 is 5.86. The molecule has 1 aliphatic rings. The zero-order chi connectivity index (χ0) is 18.8. The number of nitrogens with one attached hydrogen (secondary N) is 2. The standard InChI is InChI=1S/C20H18ClN3O2S/c1-12-18-19(27-11-17(25)22-20(18)24-23-12)13-6-8-15(9-7-13)26-10-14-4-2-3-5-16(14)21/h2-9,19H,10-11H2,1H3,(H2,22,23,24,25)/t19-/m1/s1. The molecule has 4 rings (SSSR count). The van der Waals surface area contributed by atoms with Crippen molar-refractivity contribution in [3.63, 3.8) is 0 Å². The maximum atomic E-state index is 11.9. The molecule has 0 fully saturated rings. The van der Waals surface area contributed by atoms with Crippen LogP contribution in [0.5, 0.6) is 5.75 Å².